The van der Waals surface area contributed by atoms with Crippen LogP contribution < -0.4 is 16.3 Å². The molecule has 2 N–H and O–H groups in total. The number of para-hydroxylation sites is 1. The van der Waals surface area contributed by atoms with Crippen molar-refractivity contribution in [3.63, 3.8) is 0 Å². The third-order valence-corrected chi connectivity index (χ3v) is 5.89. The maximum absolute atomic E-state index is 12.3. The van der Waals surface area contributed by atoms with Crippen molar-refractivity contribution in [2.24, 2.45) is 0 Å². The number of urea groups is 1. The summed E-state index contributed by atoms with van der Waals surface area (Å²) in [4.78, 5) is 32.5. The zero-order valence-corrected chi connectivity index (χ0v) is 17.2. The average molecular weight is 420 g/mol. The number of hydrogen-bond acceptors (Lipinski definition) is 5. The van der Waals surface area contributed by atoms with Gasteiger partial charge in [0, 0.05) is 30.5 Å². The fourth-order valence-corrected chi connectivity index (χ4v) is 4.08. The van der Waals surface area contributed by atoms with Crippen LogP contribution in [-0.2, 0) is 6.54 Å². The van der Waals surface area contributed by atoms with Gasteiger partial charge in [-0.05, 0) is 35.9 Å². The van der Waals surface area contributed by atoms with E-state index in [-0.39, 0.29) is 17.6 Å². The van der Waals surface area contributed by atoms with E-state index in [0.717, 1.165) is 20.8 Å². The van der Waals surface area contributed by atoms with Crippen LogP contribution in [0.3, 0.4) is 0 Å². The predicted octanol–water partition coefficient (Wildman–Crippen LogP) is 3.83. The Morgan fingerprint density at radius 3 is 2.87 bits per heavy atom. The molecule has 2 aromatic carbocycles. The summed E-state index contributed by atoms with van der Waals surface area (Å²) >= 11 is 1.65. The summed E-state index contributed by atoms with van der Waals surface area (Å²) in [6.45, 7) is 2.92. The normalized spacial score (nSPS) is 11.9. The highest BCUT2D eigenvalue weighted by Crippen LogP contribution is 2.26. The molecule has 4 rings (SSSR count). The van der Waals surface area contributed by atoms with E-state index < -0.39 is 0 Å². The van der Waals surface area contributed by atoms with E-state index in [4.69, 9.17) is 0 Å². The number of carbonyl (C=O) groups excluding carboxylic acids is 1. The highest BCUT2D eigenvalue weighted by atomic mass is 32.1. The van der Waals surface area contributed by atoms with Crippen molar-refractivity contribution in [2.45, 2.75) is 19.4 Å². The smallest absolute Gasteiger partial charge is 0.337 e. The van der Waals surface area contributed by atoms with Crippen molar-refractivity contribution in [1.82, 2.24) is 19.9 Å². The largest absolute Gasteiger partial charge is 0.347 e. The molecule has 0 radical (unpaired) electrons. The minimum Gasteiger partial charge on any atom is -0.337 e. The first kappa shape index (κ1) is 19.8. The van der Waals surface area contributed by atoms with Crippen molar-refractivity contribution < 1.29 is 4.79 Å². The van der Waals surface area contributed by atoms with E-state index in [1.165, 1.54) is 10.8 Å². The summed E-state index contributed by atoms with van der Waals surface area (Å²) in [6, 6.07) is 16.9. The molecule has 1 atom stereocenters. The maximum atomic E-state index is 12.3. The number of nitrogens with one attached hydrogen (secondary N) is 2. The second kappa shape index (κ2) is 8.87. The summed E-state index contributed by atoms with van der Waals surface area (Å²) < 4.78 is 2.66. The molecule has 0 aliphatic rings. The molecule has 2 aromatic heterocycles. The number of amides is 2. The number of thiazole rings is 1. The number of carbonyl (C=O) groups is 1. The summed E-state index contributed by atoms with van der Waals surface area (Å²) in [5.41, 5.74) is 2.23. The molecular formula is C22H21N5O2S. The number of rotatable bonds is 6. The molecule has 2 amide bonds. The van der Waals surface area contributed by atoms with Gasteiger partial charge in [0.25, 0.3) is 0 Å². The van der Waals surface area contributed by atoms with Crippen LogP contribution in [0.25, 0.3) is 10.2 Å². The number of fused-ring (bicyclic) bond motifs is 1. The van der Waals surface area contributed by atoms with E-state index in [1.54, 1.807) is 23.6 Å². The van der Waals surface area contributed by atoms with Gasteiger partial charge >= 0.3 is 11.7 Å². The molecule has 0 bridgehead atoms. The van der Waals surface area contributed by atoms with Crippen LogP contribution in [0, 0.1) is 0 Å². The molecule has 7 nitrogen and oxygen atoms in total. The molecule has 0 aliphatic heterocycles. The second-order valence-corrected chi connectivity index (χ2v) is 8.05. The molecule has 0 spiro atoms. The highest BCUT2D eigenvalue weighted by molar-refractivity contribution is 7.18. The SMILES string of the molecule is CC(CNC(=O)Nc1cccc(Cn2cccnc2=O)c1)c1nc2ccccc2s1. The van der Waals surface area contributed by atoms with Crippen LogP contribution in [0.1, 0.15) is 23.4 Å². The lowest BCUT2D eigenvalue weighted by molar-refractivity contribution is 0.251. The maximum Gasteiger partial charge on any atom is 0.347 e. The minimum absolute atomic E-state index is 0.108. The quantitative estimate of drug-likeness (QED) is 0.497. The number of anilines is 1. The van der Waals surface area contributed by atoms with Crippen LogP contribution in [0.5, 0.6) is 0 Å². The van der Waals surface area contributed by atoms with Gasteiger partial charge in [0.1, 0.15) is 0 Å². The molecule has 152 valence electrons. The summed E-state index contributed by atoms with van der Waals surface area (Å²) in [5, 5.41) is 6.75. The topological polar surface area (TPSA) is 88.9 Å². The van der Waals surface area contributed by atoms with E-state index >= 15 is 0 Å². The van der Waals surface area contributed by atoms with Crippen LogP contribution in [-0.4, -0.2) is 27.1 Å². The Morgan fingerprint density at radius 2 is 2.03 bits per heavy atom. The Hall–Kier alpha value is -3.52. The van der Waals surface area contributed by atoms with Crippen molar-refractivity contribution in [2.75, 3.05) is 11.9 Å². The number of aromatic nitrogens is 3. The van der Waals surface area contributed by atoms with Crippen molar-refractivity contribution >= 4 is 33.3 Å². The summed E-state index contributed by atoms with van der Waals surface area (Å²) in [6.07, 6.45) is 3.15. The molecule has 1 unspecified atom stereocenters. The van der Waals surface area contributed by atoms with Gasteiger partial charge in [0.15, 0.2) is 0 Å². The number of nitrogens with zero attached hydrogens (tertiary/aromatic N) is 3. The Bertz CT molecular complexity index is 1200. The summed E-state index contributed by atoms with van der Waals surface area (Å²) in [5.74, 6) is 0.108. The minimum atomic E-state index is -0.308. The molecule has 30 heavy (non-hydrogen) atoms. The molecule has 0 saturated heterocycles. The van der Waals surface area contributed by atoms with Gasteiger partial charge in [0.05, 0.1) is 21.8 Å². The lowest BCUT2D eigenvalue weighted by Crippen LogP contribution is -2.31. The van der Waals surface area contributed by atoms with Gasteiger partial charge in [-0.2, -0.15) is 0 Å². The Balaban J connectivity index is 1.34. The van der Waals surface area contributed by atoms with Crippen LogP contribution >= 0.6 is 11.3 Å². The molecule has 2 heterocycles. The third kappa shape index (κ3) is 4.72. The first-order valence-electron chi connectivity index (χ1n) is 9.59. The number of benzene rings is 2. The Kier molecular flexibility index (Phi) is 5.85. The zero-order chi connectivity index (χ0) is 20.9. The molecule has 8 heteroatoms. The van der Waals surface area contributed by atoms with Crippen LogP contribution in [0.15, 0.2) is 71.8 Å². The molecule has 4 aromatic rings. The molecule has 0 saturated carbocycles. The third-order valence-electron chi connectivity index (χ3n) is 4.62. The number of hydrogen-bond donors (Lipinski definition) is 2. The van der Waals surface area contributed by atoms with E-state index in [0.29, 0.717) is 18.8 Å². The molecular weight excluding hydrogens is 398 g/mol. The molecule has 0 fully saturated rings. The first-order valence-corrected chi connectivity index (χ1v) is 10.4. The first-order chi connectivity index (χ1) is 14.6. The lowest BCUT2D eigenvalue weighted by atomic mass is 10.2. The van der Waals surface area contributed by atoms with E-state index in [2.05, 4.69) is 26.7 Å². The predicted molar refractivity (Wildman–Crippen MR) is 119 cm³/mol. The standard InChI is InChI=1S/C22H21N5O2S/c1-15(20-26-18-8-2-3-9-19(18)30-20)13-24-21(28)25-17-7-4-6-16(12-17)14-27-11-5-10-23-22(27)29/h2-12,15H,13-14H2,1H3,(H2,24,25,28). The lowest BCUT2D eigenvalue weighted by Gasteiger charge is -2.12. The van der Waals surface area contributed by atoms with Crippen molar-refractivity contribution in [1.29, 1.82) is 0 Å². The van der Waals surface area contributed by atoms with Crippen molar-refractivity contribution in [3.8, 4) is 0 Å². The fourth-order valence-electron chi connectivity index (χ4n) is 3.06. The van der Waals surface area contributed by atoms with Gasteiger partial charge in [-0.3, -0.25) is 4.57 Å². The summed E-state index contributed by atoms with van der Waals surface area (Å²) in [7, 11) is 0. The average Bonchev–Trinajstić information content (AvgIpc) is 3.18. The molecule has 0 aliphatic carbocycles. The van der Waals surface area contributed by atoms with Gasteiger partial charge in [-0.25, -0.2) is 19.6 Å². The second-order valence-electron chi connectivity index (χ2n) is 6.99. The fraction of sp³-hybridized carbons (Fsp3) is 0.182. The van der Waals surface area contributed by atoms with E-state index in [9.17, 15) is 9.59 Å². The Labute approximate surface area is 177 Å². The van der Waals surface area contributed by atoms with Crippen LogP contribution in [0.2, 0.25) is 0 Å². The van der Waals surface area contributed by atoms with E-state index in [1.807, 2.05) is 49.4 Å². The van der Waals surface area contributed by atoms with Gasteiger partial charge < -0.3 is 10.6 Å². The van der Waals surface area contributed by atoms with Gasteiger partial charge in [-0.15, -0.1) is 11.3 Å². The van der Waals surface area contributed by atoms with Gasteiger partial charge in [-0.1, -0.05) is 31.2 Å². The monoisotopic (exact) mass is 419 g/mol. The van der Waals surface area contributed by atoms with Crippen LogP contribution in [0.4, 0.5) is 10.5 Å². The highest BCUT2D eigenvalue weighted by Gasteiger charge is 2.13. The Morgan fingerprint density at radius 1 is 1.17 bits per heavy atom. The zero-order valence-electron chi connectivity index (χ0n) is 16.4. The van der Waals surface area contributed by atoms with Crippen molar-refractivity contribution in [3.05, 3.63) is 88.0 Å². The van der Waals surface area contributed by atoms with Gasteiger partial charge in [0.2, 0.25) is 0 Å².